The standard InChI is InChI=1S/C14H20N4O/c15-13-5-4-11(9-16-13)14(19)18-8-2-7-17-6-1-3-12(17)10-18/h4-5,9,12H,1-3,6-8,10H2,(H2,15,16). The number of nitrogens with two attached hydrogens (primary N) is 1. The number of carbonyl (C=O) groups excluding carboxylic acids is 1. The number of rotatable bonds is 1. The molecule has 0 aliphatic carbocycles. The van der Waals surface area contributed by atoms with Crippen LogP contribution in [0.15, 0.2) is 18.3 Å². The number of amides is 1. The lowest BCUT2D eigenvalue weighted by molar-refractivity contribution is 0.0743. The number of nitrogen functional groups attached to an aromatic ring is 1. The zero-order valence-corrected chi connectivity index (χ0v) is 11.1. The zero-order valence-electron chi connectivity index (χ0n) is 11.1. The Bertz CT molecular complexity index is 459. The minimum Gasteiger partial charge on any atom is -0.384 e. The molecule has 2 aliphatic heterocycles. The van der Waals surface area contributed by atoms with Crippen molar-refractivity contribution in [2.75, 3.05) is 31.9 Å². The summed E-state index contributed by atoms with van der Waals surface area (Å²) in [5.41, 5.74) is 6.20. The first-order valence-electron chi connectivity index (χ1n) is 6.99. The van der Waals surface area contributed by atoms with Crippen LogP contribution in [-0.2, 0) is 0 Å². The molecule has 0 bridgehead atoms. The SMILES string of the molecule is Nc1ccc(C(=O)N2CCCN3CCCC3C2)cn1. The van der Waals surface area contributed by atoms with Gasteiger partial charge in [-0.15, -0.1) is 0 Å². The van der Waals surface area contributed by atoms with E-state index in [-0.39, 0.29) is 5.91 Å². The van der Waals surface area contributed by atoms with E-state index in [9.17, 15) is 4.79 Å². The van der Waals surface area contributed by atoms with Crippen molar-refractivity contribution in [3.63, 3.8) is 0 Å². The second kappa shape index (κ2) is 5.17. The normalized spacial score (nSPS) is 24.0. The number of pyridine rings is 1. The first-order chi connectivity index (χ1) is 9.24. The number of carbonyl (C=O) groups is 1. The van der Waals surface area contributed by atoms with Gasteiger partial charge in [0.25, 0.3) is 5.91 Å². The smallest absolute Gasteiger partial charge is 0.255 e. The molecule has 1 amide bonds. The van der Waals surface area contributed by atoms with Crippen molar-refractivity contribution in [2.24, 2.45) is 0 Å². The van der Waals surface area contributed by atoms with Crippen molar-refractivity contribution < 1.29 is 4.79 Å². The summed E-state index contributed by atoms with van der Waals surface area (Å²) in [6.45, 7) is 4.00. The van der Waals surface area contributed by atoms with Gasteiger partial charge in [0.2, 0.25) is 0 Å². The maximum absolute atomic E-state index is 12.5. The van der Waals surface area contributed by atoms with Gasteiger partial charge in [0.05, 0.1) is 5.56 Å². The first kappa shape index (κ1) is 12.4. The highest BCUT2D eigenvalue weighted by Crippen LogP contribution is 2.22. The Morgan fingerprint density at radius 3 is 2.89 bits per heavy atom. The van der Waals surface area contributed by atoms with Gasteiger partial charge < -0.3 is 10.6 Å². The molecular weight excluding hydrogens is 240 g/mol. The third-order valence-electron chi connectivity index (χ3n) is 4.12. The quantitative estimate of drug-likeness (QED) is 0.817. The third-order valence-corrected chi connectivity index (χ3v) is 4.12. The van der Waals surface area contributed by atoms with Crippen LogP contribution < -0.4 is 5.73 Å². The van der Waals surface area contributed by atoms with Crippen molar-refractivity contribution in [3.05, 3.63) is 23.9 Å². The van der Waals surface area contributed by atoms with Crippen LogP contribution in [0.3, 0.4) is 0 Å². The van der Waals surface area contributed by atoms with Crippen molar-refractivity contribution >= 4 is 11.7 Å². The zero-order chi connectivity index (χ0) is 13.2. The van der Waals surface area contributed by atoms with E-state index in [1.807, 2.05) is 4.90 Å². The Morgan fingerprint density at radius 2 is 2.11 bits per heavy atom. The Balaban J connectivity index is 1.73. The van der Waals surface area contributed by atoms with E-state index in [1.54, 1.807) is 18.3 Å². The number of hydrogen-bond acceptors (Lipinski definition) is 4. The van der Waals surface area contributed by atoms with E-state index in [2.05, 4.69) is 9.88 Å². The van der Waals surface area contributed by atoms with E-state index in [0.29, 0.717) is 17.4 Å². The number of hydrogen-bond donors (Lipinski definition) is 1. The molecule has 5 nitrogen and oxygen atoms in total. The Kier molecular flexibility index (Phi) is 3.38. The van der Waals surface area contributed by atoms with Crippen LogP contribution >= 0.6 is 0 Å². The van der Waals surface area contributed by atoms with Crippen LogP contribution in [0.2, 0.25) is 0 Å². The van der Waals surface area contributed by atoms with Gasteiger partial charge in [-0.2, -0.15) is 0 Å². The molecule has 0 radical (unpaired) electrons. The number of anilines is 1. The fourth-order valence-electron chi connectivity index (χ4n) is 3.11. The fraction of sp³-hybridized carbons (Fsp3) is 0.571. The summed E-state index contributed by atoms with van der Waals surface area (Å²) >= 11 is 0. The van der Waals surface area contributed by atoms with Gasteiger partial charge in [-0.3, -0.25) is 9.69 Å². The second-order valence-corrected chi connectivity index (χ2v) is 5.41. The van der Waals surface area contributed by atoms with E-state index in [4.69, 9.17) is 5.73 Å². The molecule has 2 saturated heterocycles. The van der Waals surface area contributed by atoms with Crippen molar-refractivity contribution in [1.82, 2.24) is 14.8 Å². The molecule has 2 N–H and O–H groups in total. The monoisotopic (exact) mass is 260 g/mol. The van der Waals surface area contributed by atoms with Gasteiger partial charge in [0.1, 0.15) is 5.82 Å². The summed E-state index contributed by atoms with van der Waals surface area (Å²) in [5.74, 6) is 0.538. The Morgan fingerprint density at radius 1 is 1.26 bits per heavy atom. The molecule has 2 fully saturated rings. The highest BCUT2D eigenvalue weighted by atomic mass is 16.2. The van der Waals surface area contributed by atoms with Gasteiger partial charge in [0.15, 0.2) is 0 Å². The van der Waals surface area contributed by atoms with Crippen LogP contribution in [-0.4, -0.2) is 52.9 Å². The molecule has 19 heavy (non-hydrogen) atoms. The van der Waals surface area contributed by atoms with Gasteiger partial charge in [-0.25, -0.2) is 4.98 Å². The summed E-state index contributed by atoms with van der Waals surface area (Å²) < 4.78 is 0. The van der Waals surface area contributed by atoms with E-state index in [0.717, 1.165) is 26.1 Å². The van der Waals surface area contributed by atoms with Crippen molar-refractivity contribution in [3.8, 4) is 0 Å². The molecule has 2 aliphatic rings. The Hall–Kier alpha value is -1.62. The van der Waals surface area contributed by atoms with Crippen LogP contribution in [0, 0.1) is 0 Å². The molecule has 1 aromatic heterocycles. The highest BCUT2D eigenvalue weighted by Gasteiger charge is 2.30. The minimum absolute atomic E-state index is 0.0845. The van der Waals surface area contributed by atoms with E-state index >= 15 is 0 Å². The minimum atomic E-state index is 0.0845. The molecule has 0 spiro atoms. The average molecular weight is 260 g/mol. The lowest BCUT2D eigenvalue weighted by atomic mass is 10.2. The lowest BCUT2D eigenvalue weighted by Gasteiger charge is -2.25. The van der Waals surface area contributed by atoms with E-state index < -0.39 is 0 Å². The van der Waals surface area contributed by atoms with Crippen LogP contribution in [0.25, 0.3) is 0 Å². The molecule has 1 aromatic rings. The molecule has 0 saturated carbocycles. The highest BCUT2D eigenvalue weighted by molar-refractivity contribution is 5.94. The molecule has 5 heteroatoms. The molecule has 1 atom stereocenters. The van der Waals surface area contributed by atoms with Crippen molar-refractivity contribution in [1.29, 1.82) is 0 Å². The second-order valence-electron chi connectivity index (χ2n) is 5.41. The molecule has 1 unspecified atom stereocenters. The summed E-state index contributed by atoms with van der Waals surface area (Å²) in [6.07, 6.45) is 5.11. The number of fused-ring (bicyclic) bond motifs is 1. The van der Waals surface area contributed by atoms with Gasteiger partial charge in [-0.1, -0.05) is 0 Å². The molecular formula is C14H20N4O. The largest absolute Gasteiger partial charge is 0.384 e. The van der Waals surface area contributed by atoms with Crippen LogP contribution in [0.4, 0.5) is 5.82 Å². The van der Waals surface area contributed by atoms with Gasteiger partial charge in [0, 0.05) is 31.9 Å². The summed E-state index contributed by atoms with van der Waals surface area (Å²) in [4.78, 5) is 21.0. The Labute approximate surface area is 113 Å². The number of nitrogens with zero attached hydrogens (tertiary/aromatic N) is 3. The van der Waals surface area contributed by atoms with E-state index in [1.165, 1.54) is 19.4 Å². The van der Waals surface area contributed by atoms with Crippen LogP contribution in [0.5, 0.6) is 0 Å². The molecule has 3 rings (SSSR count). The fourth-order valence-corrected chi connectivity index (χ4v) is 3.11. The van der Waals surface area contributed by atoms with Gasteiger partial charge in [-0.05, 0) is 37.9 Å². The molecule has 3 heterocycles. The van der Waals surface area contributed by atoms with Crippen molar-refractivity contribution in [2.45, 2.75) is 25.3 Å². The predicted molar refractivity (Wildman–Crippen MR) is 73.8 cm³/mol. The van der Waals surface area contributed by atoms with Gasteiger partial charge >= 0.3 is 0 Å². The maximum atomic E-state index is 12.5. The number of aromatic nitrogens is 1. The molecule has 0 aromatic carbocycles. The van der Waals surface area contributed by atoms with Crippen LogP contribution in [0.1, 0.15) is 29.6 Å². The first-order valence-corrected chi connectivity index (χ1v) is 6.99. The summed E-state index contributed by atoms with van der Waals surface area (Å²) in [6, 6.07) is 4.00. The lowest BCUT2D eigenvalue weighted by Crippen LogP contribution is -2.39. The summed E-state index contributed by atoms with van der Waals surface area (Å²) in [7, 11) is 0. The predicted octanol–water partition coefficient (Wildman–Crippen LogP) is 0.974. The third kappa shape index (κ3) is 2.56. The average Bonchev–Trinajstić information content (AvgIpc) is 2.76. The molecule has 102 valence electrons. The topological polar surface area (TPSA) is 62.5 Å². The maximum Gasteiger partial charge on any atom is 0.255 e. The summed E-state index contributed by atoms with van der Waals surface area (Å²) in [5, 5.41) is 0.